The van der Waals surface area contributed by atoms with Crippen LogP contribution in [0.1, 0.15) is 25.7 Å². The van der Waals surface area contributed by atoms with Gasteiger partial charge in [-0.3, -0.25) is 0 Å². The van der Waals surface area contributed by atoms with Crippen molar-refractivity contribution >= 4 is 5.97 Å². The molecule has 0 aliphatic heterocycles. The lowest BCUT2D eigenvalue weighted by molar-refractivity contribution is -0.134. The first-order chi connectivity index (χ1) is 5.74. The highest BCUT2D eigenvalue weighted by atomic mass is 16.5. The molecule has 0 spiro atoms. The molecule has 66 valence electrons. The van der Waals surface area contributed by atoms with Crippen LogP contribution < -0.4 is 0 Å². The van der Waals surface area contributed by atoms with Crippen molar-refractivity contribution < 1.29 is 9.53 Å². The Kier molecular flexibility index (Phi) is 3.09. The number of ether oxygens (including phenoxy) is 1. The zero-order chi connectivity index (χ0) is 8.97. The Morgan fingerprint density at radius 2 is 2.17 bits per heavy atom. The van der Waals surface area contributed by atoms with Gasteiger partial charge in [0.1, 0.15) is 0 Å². The largest absolute Gasteiger partial charge is 0.466 e. The van der Waals surface area contributed by atoms with Crippen molar-refractivity contribution in [2.24, 2.45) is 0 Å². The van der Waals surface area contributed by atoms with Crippen LogP contribution in [0.4, 0.5) is 0 Å². The second kappa shape index (κ2) is 4.10. The number of carbonyl (C=O) groups excluding carboxylic acids is 1. The van der Waals surface area contributed by atoms with E-state index in [9.17, 15) is 4.79 Å². The summed E-state index contributed by atoms with van der Waals surface area (Å²) in [5, 5.41) is 0. The maximum atomic E-state index is 10.9. The minimum Gasteiger partial charge on any atom is -0.466 e. The number of esters is 1. The third kappa shape index (κ3) is 2.22. The molecule has 12 heavy (non-hydrogen) atoms. The molecule has 0 saturated heterocycles. The average molecular weight is 166 g/mol. The zero-order valence-corrected chi connectivity index (χ0v) is 7.43. The molecule has 1 fully saturated rings. The standard InChI is InChI=1S/C10H14O2/c1-8-5-3-4-6-9(8)7-10(11)12-2/h7H,1,3-6H2,2H3/b9-7-. The van der Waals surface area contributed by atoms with E-state index in [4.69, 9.17) is 0 Å². The van der Waals surface area contributed by atoms with E-state index in [2.05, 4.69) is 11.3 Å². The molecular formula is C10H14O2. The van der Waals surface area contributed by atoms with Crippen LogP contribution in [-0.4, -0.2) is 13.1 Å². The van der Waals surface area contributed by atoms with Crippen LogP contribution in [0.3, 0.4) is 0 Å². The van der Waals surface area contributed by atoms with Gasteiger partial charge < -0.3 is 4.74 Å². The molecule has 2 nitrogen and oxygen atoms in total. The molecular weight excluding hydrogens is 152 g/mol. The third-order valence-electron chi connectivity index (χ3n) is 2.12. The Bertz CT molecular complexity index is 226. The molecule has 1 aliphatic carbocycles. The molecule has 0 amide bonds. The molecule has 1 saturated carbocycles. The van der Waals surface area contributed by atoms with Gasteiger partial charge in [0, 0.05) is 6.08 Å². The Labute approximate surface area is 72.9 Å². The van der Waals surface area contributed by atoms with E-state index in [1.165, 1.54) is 13.5 Å². The Hall–Kier alpha value is -1.05. The molecule has 0 aromatic carbocycles. The van der Waals surface area contributed by atoms with Gasteiger partial charge in [0.15, 0.2) is 0 Å². The number of rotatable bonds is 1. The second-order valence-electron chi connectivity index (χ2n) is 3.00. The molecule has 0 aromatic heterocycles. The maximum absolute atomic E-state index is 10.9. The minimum absolute atomic E-state index is 0.270. The predicted molar refractivity (Wildman–Crippen MR) is 47.7 cm³/mol. The average Bonchev–Trinajstić information content (AvgIpc) is 2.09. The Morgan fingerprint density at radius 3 is 2.75 bits per heavy atom. The van der Waals surface area contributed by atoms with Gasteiger partial charge in [0.25, 0.3) is 0 Å². The summed E-state index contributed by atoms with van der Waals surface area (Å²) in [6, 6.07) is 0. The predicted octanol–water partition coefficient (Wildman–Crippen LogP) is 2.22. The van der Waals surface area contributed by atoms with Gasteiger partial charge in [-0.15, -0.1) is 0 Å². The van der Waals surface area contributed by atoms with E-state index >= 15 is 0 Å². The van der Waals surface area contributed by atoms with E-state index in [1.807, 2.05) is 0 Å². The van der Waals surface area contributed by atoms with Crippen molar-refractivity contribution in [1.82, 2.24) is 0 Å². The summed E-state index contributed by atoms with van der Waals surface area (Å²) < 4.78 is 4.54. The van der Waals surface area contributed by atoms with Crippen LogP contribution >= 0.6 is 0 Å². The van der Waals surface area contributed by atoms with Gasteiger partial charge in [-0.2, -0.15) is 0 Å². The smallest absolute Gasteiger partial charge is 0.330 e. The fourth-order valence-electron chi connectivity index (χ4n) is 1.37. The number of hydrogen-bond donors (Lipinski definition) is 0. The van der Waals surface area contributed by atoms with E-state index in [0.717, 1.165) is 30.4 Å². The van der Waals surface area contributed by atoms with Gasteiger partial charge in [-0.05, 0) is 31.3 Å². The lowest BCUT2D eigenvalue weighted by Crippen LogP contribution is -2.02. The SMILES string of the molecule is C=C1CCCC/C1=C/C(=O)OC. The maximum Gasteiger partial charge on any atom is 0.330 e. The monoisotopic (exact) mass is 166 g/mol. The molecule has 0 N–H and O–H groups in total. The molecule has 0 radical (unpaired) electrons. The van der Waals surface area contributed by atoms with E-state index in [-0.39, 0.29) is 5.97 Å². The van der Waals surface area contributed by atoms with Crippen LogP contribution in [0.5, 0.6) is 0 Å². The van der Waals surface area contributed by atoms with Crippen molar-refractivity contribution in [1.29, 1.82) is 0 Å². The summed E-state index contributed by atoms with van der Waals surface area (Å²) in [5.41, 5.74) is 2.15. The Morgan fingerprint density at radius 1 is 1.50 bits per heavy atom. The van der Waals surface area contributed by atoms with E-state index in [1.54, 1.807) is 6.08 Å². The van der Waals surface area contributed by atoms with Crippen LogP contribution in [0, 0.1) is 0 Å². The van der Waals surface area contributed by atoms with Crippen LogP contribution in [0.2, 0.25) is 0 Å². The number of hydrogen-bond acceptors (Lipinski definition) is 2. The van der Waals surface area contributed by atoms with Crippen molar-refractivity contribution in [3.63, 3.8) is 0 Å². The van der Waals surface area contributed by atoms with Gasteiger partial charge in [-0.1, -0.05) is 12.2 Å². The summed E-state index contributed by atoms with van der Waals surface area (Å²) in [6.07, 6.45) is 5.89. The fourth-order valence-corrected chi connectivity index (χ4v) is 1.37. The highest BCUT2D eigenvalue weighted by Gasteiger charge is 2.10. The number of methoxy groups -OCH3 is 1. The van der Waals surface area contributed by atoms with Gasteiger partial charge in [0.05, 0.1) is 7.11 Å². The number of carbonyl (C=O) groups is 1. The van der Waals surface area contributed by atoms with Crippen molar-refractivity contribution in [3.05, 3.63) is 23.8 Å². The number of allylic oxidation sites excluding steroid dienone is 2. The third-order valence-corrected chi connectivity index (χ3v) is 2.12. The fraction of sp³-hybridized carbons (Fsp3) is 0.500. The first-order valence-electron chi connectivity index (χ1n) is 4.20. The highest BCUT2D eigenvalue weighted by Crippen LogP contribution is 2.26. The van der Waals surface area contributed by atoms with Crippen molar-refractivity contribution in [3.8, 4) is 0 Å². The molecule has 2 heteroatoms. The van der Waals surface area contributed by atoms with Crippen LogP contribution in [0.25, 0.3) is 0 Å². The lowest BCUT2D eigenvalue weighted by atomic mass is 9.90. The molecule has 0 aromatic rings. The van der Waals surface area contributed by atoms with Gasteiger partial charge in [-0.25, -0.2) is 4.79 Å². The Balaban J connectivity index is 2.65. The molecule has 1 rings (SSSR count). The molecule has 1 aliphatic rings. The first-order valence-corrected chi connectivity index (χ1v) is 4.20. The van der Waals surface area contributed by atoms with E-state index in [0.29, 0.717) is 0 Å². The van der Waals surface area contributed by atoms with Crippen LogP contribution in [-0.2, 0) is 9.53 Å². The second-order valence-corrected chi connectivity index (χ2v) is 3.00. The van der Waals surface area contributed by atoms with Crippen molar-refractivity contribution in [2.75, 3.05) is 7.11 Å². The molecule has 0 bridgehead atoms. The summed E-state index contributed by atoms with van der Waals surface area (Å²) in [4.78, 5) is 10.9. The lowest BCUT2D eigenvalue weighted by Gasteiger charge is -2.15. The zero-order valence-electron chi connectivity index (χ0n) is 7.43. The summed E-state index contributed by atoms with van der Waals surface area (Å²) in [6.45, 7) is 3.91. The minimum atomic E-state index is -0.270. The normalized spacial score (nSPS) is 21.1. The quantitative estimate of drug-likeness (QED) is 0.441. The molecule has 0 atom stereocenters. The first kappa shape index (κ1) is 9.04. The highest BCUT2D eigenvalue weighted by molar-refractivity contribution is 5.83. The van der Waals surface area contributed by atoms with Crippen LogP contribution in [0.15, 0.2) is 23.8 Å². The molecule has 0 heterocycles. The molecule has 0 unspecified atom stereocenters. The summed E-state index contributed by atoms with van der Waals surface area (Å²) >= 11 is 0. The van der Waals surface area contributed by atoms with Gasteiger partial charge >= 0.3 is 5.97 Å². The summed E-state index contributed by atoms with van der Waals surface area (Å²) in [5.74, 6) is -0.270. The topological polar surface area (TPSA) is 26.3 Å². The summed E-state index contributed by atoms with van der Waals surface area (Å²) in [7, 11) is 1.39. The van der Waals surface area contributed by atoms with Gasteiger partial charge in [0.2, 0.25) is 0 Å². The van der Waals surface area contributed by atoms with E-state index < -0.39 is 0 Å². The van der Waals surface area contributed by atoms with Crippen molar-refractivity contribution in [2.45, 2.75) is 25.7 Å².